The van der Waals surface area contributed by atoms with Gasteiger partial charge in [-0.15, -0.1) is 0 Å². The first-order chi connectivity index (χ1) is 15.3. The Morgan fingerprint density at radius 1 is 1.25 bits per heavy atom. The fourth-order valence-electron chi connectivity index (χ4n) is 4.13. The number of nitriles is 1. The lowest BCUT2D eigenvalue weighted by Gasteiger charge is -2.30. The van der Waals surface area contributed by atoms with Crippen molar-refractivity contribution in [2.45, 2.75) is 38.6 Å². The number of pyridine rings is 2. The van der Waals surface area contributed by atoms with Crippen LogP contribution in [0.1, 0.15) is 58.2 Å². The predicted octanol–water partition coefficient (Wildman–Crippen LogP) is 3.60. The third-order valence-electron chi connectivity index (χ3n) is 6.18. The van der Waals surface area contributed by atoms with Crippen molar-refractivity contribution < 1.29 is 9.59 Å². The normalized spacial score (nSPS) is 17.8. The van der Waals surface area contributed by atoms with Crippen molar-refractivity contribution in [1.82, 2.24) is 15.3 Å². The number of hydrogen-bond acceptors (Lipinski definition) is 5. The summed E-state index contributed by atoms with van der Waals surface area (Å²) in [4.78, 5) is 33.9. The molecule has 0 radical (unpaired) electrons. The molecule has 2 N–H and O–H groups in total. The molecule has 2 atom stereocenters. The Balaban J connectivity index is 1.48. The Kier molecular flexibility index (Phi) is 5.45. The molecule has 1 aromatic carbocycles. The first-order valence-corrected chi connectivity index (χ1v) is 10.4. The average molecular weight is 425 g/mol. The minimum absolute atomic E-state index is 0.0806. The van der Waals surface area contributed by atoms with Crippen LogP contribution in [0.5, 0.6) is 0 Å². The van der Waals surface area contributed by atoms with Gasteiger partial charge in [-0.2, -0.15) is 5.26 Å². The highest BCUT2D eigenvalue weighted by atomic mass is 16.2. The molecule has 1 aliphatic rings. The van der Waals surface area contributed by atoms with Crippen molar-refractivity contribution in [1.29, 1.82) is 5.26 Å². The molecule has 4 rings (SSSR count). The van der Waals surface area contributed by atoms with Crippen molar-refractivity contribution in [2.75, 3.05) is 5.32 Å². The number of aryl methyl sites for hydroxylation is 1. The summed E-state index contributed by atoms with van der Waals surface area (Å²) >= 11 is 0. The topological polar surface area (TPSA) is 108 Å². The molecule has 0 fully saturated rings. The third-order valence-corrected chi connectivity index (χ3v) is 6.18. The zero-order valence-electron chi connectivity index (χ0n) is 18.1. The van der Waals surface area contributed by atoms with E-state index in [0.717, 1.165) is 16.7 Å². The Morgan fingerprint density at radius 3 is 2.72 bits per heavy atom. The maximum Gasteiger partial charge on any atom is 0.251 e. The molecule has 7 heteroatoms. The molecule has 0 saturated heterocycles. The Hall–Kier alpha value is -4.05. The quantitative estimate of drug-likeness (QED) is 0.649. The zero-order chi connectivity index (χ0) is 22.9. The second-order valence-electron chi connectivity index (χ2n) is 8.22. The molecule has 2 amide bonds. The maximum atomic E-state index is 12.8. The second kappa shape index (κ2) is 8.23. The van der Waals surface area contributed by atoms with Gasteiger partial charge in [-0.05, 0) is 61.2 Å². The lowest BCUT2D eigenvalue weighted by atomic mass is 9.71. The second-order valence-corrected chi connectivity index (χ2v) is 8.22. The van der Waals surface area contributed by atoms with Crippen LogP contribution in [-0.2, 0) is 16.8 Å². The lowest BCUT2D eigenvalue weighted by molar-refractivity contribution is -0.120. The number of carbonyl (C=O) groups is 2. The van der Waals surface area contributed by atoms with Gasteiger partial charge >= 0.3 is 0 Å². The number of rotatable bonds is 5. The number of benzene rings is 1. The summed E-state index contributed by atoms with van der Waals surface area (Å²) in [6.45, 7) is 6.04. The summed E-state index contributed by atoms with van der Waals surface area (Å²) in [5.41, 5.74) is 3.47. The number of hydrogen-bond donors (Lipinski definition) is 2. The highest BCUT2D eigenvalue weighted by Gasteiger charge is 2.47. The van der Waals surface area contributed by atoms with E-state index in [-0.39, 0.29) is 24.3 Å². The van der Waals surface area contributed by atoms with Crippen LogP contribution >= 0.6 is 0 Å². The summed E-state index contributed by atoms with van der Waals surface area (Å²) in [7, 11) is 0. The molecule has 3 aromatic rings. The van der Waals surface area contributed by atoms with E-state index < -0.39 is 5.41 Å². The number of carbonyl (C=O) groups excluding carboxylic acids is 2. The summed E-state index contributed by atoms with van der Waals surface area (Å²) in [5, 5.41) is 14.8. The Bertz CT molecular complexity index is 1250. The molecule has 1 aliphatic heterocycles. The van der Waals surface area contributed by atoms with Gasteiger partial charge in [0, 0.05) is 17.3 Å². The molecule has 0 unspecified atom stereocenters. The third kappa shape index (κ3) is 3.71. The molecule has 32 heavy (non-hydrogen) atoms. The molecule has 0 saturated carbocycles. The minimum atomic E-state index is -0.747. The summed E-state index contributed by atoms with van der Waals surface area (Å²) in [6, 6.07) is 16.6. The first-order valence-electron chi connectivity index (χ1n) is 10.4. The summed E-state index contributed by atoms with van der Waals surface area (Å²) < 4.78 is 0. The summed E-state index contributed by atoms with van der Waals surface area (Å²) in [6.07, 6.45) is 1.66. The largest absolute Gasteiger partial charge is 0.346 e. The van der Waals surface area contributed by atoms with E-state index >= 15 is 0 Å². The zero-order valence-corrected chi connectivity index (χ0v) is 18.1. The Labute approximate surface area is 186 Å². The molecule has 3 heterocycles. The minimum Gasteiger partial charge on any atom is -0.346 e. The van der Waals surface area contributed by atoms with Crippen LogP contribution in [0.4, 0.5) is 5.82 Å². The number of nitrogens with one attached hydrogen (secondary N) is 2. The van der Waals surface area contributed by atoms with E-state index in [2.05, 4.69) is 20.6 Å². The van der Waals surface area contributed by atoms with Gasteiger partial charge in [0.25, 0.3) is 5.91 Å². The van der Waals surface area contributed by atoms with Gasteiger partial charge in [-0.3, -0.25) is 9.59 Å². The van der Waals surface area contributed by atoms with E-state index in [9.17, 15) is 9.59 Å². The van der Waals surface area contributed by atoms with Gasteiger partial charge in [0.1, 0.15) is 17.6 Å². The van der Waals surface area contributed by atoms with Crippen molar-refractivity contribution in [3.8, 4) is 6.07 Å². The van der Waals surface area contributed by atoms with Crippen LogP contribution in [0.15, 0.2) is 54.7 Å². The molecule has 0 bridgehead atoms. The smallest absolute Gasteiger partial charge is 0.251 e. The molecular formula is C25H23N5O2. The average Bonchev–Trinajstić information content (AvgIpc) is 3.07. The SMILES string of the molecule is Cc1cc(C#N)nc(CNC(=O)c2ccc([C@@H](C)[C@@]3(C)C(=O)Nc4ncccc43)cc2)c1. The molecule has 7 nitrogen and oxygen atoms in total. The summed E-state index contributed by atoms with van der Waals surface area (Å²) in [5.74, 6) is 0.173. The van der Waals surface area contributed by atoms with Crippen molar-refractivity contribution in [2.24, 2.45) is 0 Å². The first kappa shape index (κ1) is 21.2. The highest BCUT2D eigenvalue weighted by molar-refractivity contribution is 6.05. The highest BCUT2D eigenvalue weighted by Crippen LogP contribution is 2.45. The van der Waals surface area contributed by atoms with Crippen LogP contribution in [0.3, 0.4) is 0 Å². The van der Waals surface area contributed by atoms with E-state index in [1.807, 2.05) is 57.2 Å². The van der Waals surface area contributed by atoms with Crippen molar-refractivity contribution >= 4 is 17.6 Å². The molecule has 0 spiro atoms. The van der Waals surface area contributed by atoms with Crippen LogP contribution in [0, 0.1) is 18.3 Å². The van der Waals surface area contributed by atoms with E-state index in [4.69, 9.17) is 5.26 Å². The van der Waals surface area contributed by atoms with Gasteiger partial charge in [0.05, 0.1) is 17.7 Å². The number of nitrogens with zero attached hydrogens (tertiary/aromatic N) is 3. The number of anilines is 1. The Morgan fingerprint density at radius 2 is 2.00 bits per heavy atom. The fraction of sp³-hybridized carbons (Fsp3) is 0.240. The van der Waals surface area contributed by atoms with E-state index in [0.29, 0.717) is 22.8 Å². The van der Waals surface area contributed by atoms with E-state index in [1.54, 1.807) is 24.4 Å². The van der Waals surface area contributed by atoms with Gasteiger partial charge in [-0.1, -0.05) is 25.1 Å². The van der Waals surface area contributed by atoms with Gasteiger partial charge < -0.3 is 10.6 Å². The monoisotopic (exact) mass is 425 g/mol. The molecule has 160 valence electrons. The molecular weight excluding hydrogens is 402 g/mol. The van der Waals surface area contributed by atoms with Crippen molar-refractivity contribution in [3.05, 3.63) is 88.4 Å². The van der Waals surface area contributed by atoms with Gasteiger partial charge in [-0.25, -0.2) is 9.97 Å². The predicted molar refractivity (Wildman–Crippen MR) is 120 cm³/mol. The number of amides is 2. The van der Waals surface area contributed by atoms with Crippen LogP contribution in [0.2, 0.25) is 0 Å². The van der Waals surface area contributed by atoms with Crippen LogP contribution in [0.25, 0.3) is 0 Å². The molecule has 0 aliphatic carbocycles. The number of fused-ring (bicyclic) bond motifs is 1. The van der Waals surface area contributed by atoms with Gasteiger partial charge in [0.15, 0.2) is 0 Å². The maximum absolute atomic E-state index is 12.8. The van der Waals surface area contributed by atoms with Gasteiger partial charge in [0.2, 0.25) is 5.91 Å². The fourth-order valence-corrected chi connectivity index (χ4v) is 4.13. The van der Waals surface area contributed by atoms with Crippen LogP contribution < -0.4 is 10.6 Å². The van der Waals surface area contributed by atoms with E-state index in [1.165, 1.54) is 0 Å². The molecule has 2 aromatic heterocycles. The van der Waals surface area contributed by atoms with Crippen molar-refractivity contribution in [3.63, 3.8) is 0 Å². The number of aromatic nitrogens is 2. The van der Waals surface area contributed by atoms with Crippen LogP contribution in [-0.4, -0.2) is 21.8 Å². The lowest BCUT2D eigenvalue weighted by Crippen LogP contribution is -2.36. The standard InChI is InChI=1S/C25H23N5O2/c1-15-11-19(13-26)29-20(12-15)14-28-23(31)18-8-6-17(7-9-18)16(2)25(3)21-5-4-10-27-22(21)30-24(25)32/h4-12,16H,14H2,1-3H3,(H,28,31)(H,27,30,32)/t16-,25-/m1/s1.